The zero-order valence-corrected chi connectivity index (χ0v) is 23.8. The van der Waals surface area contributed by atoms with Crippen molar-refractivity contribution < 1.29 is 23.5 Å². The largest absolute Gasteiger partial charge is 0.497 e. The number of nitrogens with zero attached hydrogens (tertiary/aromatic N) is 1. The minimum Gasteiger partial charge on any atom is -0.497 e. The highest BCUT2D eigenvalue weighted by atomic mass is 32.1. The molecular weight excluding hydrogens is 524 g/mol. The Morgan fingerprint density at radius 3 is 2.27 bits per heavy atom. The molecule has 1 heterocycles. The number of aromatic nitrogens is 1. The third-order valence-corrected chi connectivity index (χ3v) is 5.82. The number of oxazole rings is 1. The van der Waals surface area contributed by atoms with E-state index < -0.39 is 0 Å². The average Bonchev–Trinajstić information content (AvgIpc) is 3.43. The highest BCUT2D eigenvalue weighted by Crippen LogP contribution is 2.31. The monoisotopic (exact) mass is 556 g/mol. The van der Waals surface area contributed by atoms with Gasteiger partial charge in [-0.1, -0.05) is 36.4 Å². The van der Waals surface area contributed by atoms with Gasteiger partial charge in [-0.15, -0.1) is 0 Å². The van der Waals surface area contributed by atoms with Crippen molar-refractivity contribution in [2.45, 2.75) is 20.3 Å². The molecule has 0 spiro atoms. The Labute approximate surface area is 240 Å². The smallest absolute Gasteiger partial charge is 0.228 e. The summed E-state index contributed by atoms with van der Waals surface area (Å²) in [6.07, 6.45) is 5.50. The maximum absolute atomic E-state index is 12.0. The number of carbonyl (C=O) groups is 2. The number of allylic oxidation sites excluding steroid dienone is 2. The molecule has 3 aromatic carbocycles. The third kappa shape index (κ3) is 8.47. The number of benzene rings is 3. The minimum absolute atomic E-state index is 0.128. The Balaban J connectivity index is 0.000000336. The van der Waals surface area contributed by atoms with Gasteiger partial charge in [-0.3, -0.25) is 9.59 Å². The fourth-order valence-electron chi connectivity index (χ4n) is 3.66. The van der Waals surface area contributed by atoms with Crippen molar-refractivity contribution in [3.63, 3.8) is 0 Å². The molecule has 0 saturated heterocycles. The second kappa shape index (κ2) is 15.1. The molecule has 0 aliphatic carbocycles. The number of ether oxygens (including phenoxy) is 2. The molecular formula is C32H32N2O5S. The van der Waals surface area contributed by atoms with Crippen LogP contribution >= 0.6 is 12.6 Å². The van der Waals surface area contributed by atoms with Crippen molar-refractivity contribution in [2.24, 2.45) is 0 Å². The van der Waals surface area contributed by atoms with Crippen LogP contribution in [0.15, 0.2) is 101 Å². The van der Waals surface area contributed by atoms with Gasteiger partial charge in [0.05, 0.1) is 14.2 Å². The summed E-state index contributed by atoms with van der Waals surface area (Å²) in [6.45, 7) is 3.45. The molecule has 8 heteroatoms. The van der Waals surface area contributed by atoms with Crippen LogP contribution in [-0.4, -0.2) is 30.9 Å². The molecule has 1 amide bonds. The van der Waals surface area contributed by atoms with Gasteiger partial charge in [-0.2, -0.15) is 12.6 Å². The first-order chi connectivity index (χ1) is 19.4. The van der Waals surface area contributed by atoms with Crippen molar-refractivity contribution in [3.8, 4) is 34.3 Å². The molecule has 0 fully saturated rings. The van der Waals surface area contributed by atoms with Crippen molar-refractivity contribution in [1.82, 2.24) is 4.98 Å². The van der Waals surface area contributed by atoms with Gasteiger partial charge in [0.1, 0.15) is 11.5 Å². The zero-order chi connectivity index (χ0) is 28.9. The lowest BCUT2D eigenvalue weighted by Gasteiger charge is -2.05. The van der Waals surface area contributed by atoms with E-state index in [1.807, 2.05) is 55.5 Å². The number of hydrogen-bond donors (Lipinski definition) is 2. The zero-order valence-electron chi connectivity index (χ0n) is 22.9. The van der Waals surface area contributed by atoms with E-state index in [-0.39, 0.29) is 23.8 Å². The van der Waals surface area contributed by atoms with E-state index in [9.17, 15) is 9.59 Å². The number of methoxy groups -OCH3 is 2. The van der Waals surface area contributed by atoms with Crippen molar-refractivity contribution in [2.75, 3.05) is 19.5 Å². The third-order valence-electron chi connectivity index (χ3n) is 5.65. The average molecular weight is 557 g/mol. The Kier molecular flexibility index (Phi) is 11.3. The van der Waals surface area contributed by atoms with E-state index in [0.29, 0.717) is 22.9 Å². The van der Waals surface area contributed by atoms with E-state index in [0.717, 1.165) is 22.6 Å². The van der Waals surface area contributed by atoms with Crippen molar-refractivity contribution >= 4 is 30.0 Å². The van der Waals surface area contributed by atoms with Gasteiger partial charge >= 0.3 is 0 Å². The predicted molar refractivity (Wildman–Crippen MR) is 162 cm³/mol. The first-order valence-corrected chi connectivity index (χ1v) is 13.0. The number of Topliss-reactive ketones (excluding diaryl/α,β-unsaturated/α-hetero) is 1. The second-order valence-corrected chi connectivity index (χ2v) is 8.85. The molecule has 40 heavy (non-hydrogen) atoms. The van der Waals surface area contributed by atoms with Crippen LogP contribution in [0, 0.1) is 6.92 Å². The van der Waals surface area contributed by atoms with Crippen LogP contribution in [0.5, 0.6) is 11.5 Å². The summed E-state index contributed by atoms with van der Waals surface area (Å²) < 4.78 is 16.0. The van der Waals surface area contributed by atoms with Gasteiger partial charge in [0.2, 0.25) is 11.8 Å². The van der Waals surface area contributed by atoms with Crippen LogP contribution in [0.1, 0.15) is 29.4 Å². The SMILES string of the molecule is CC(=O)c1nc(-c2ccccc2)oc1-c1ccc(NC(=O)C/C=C/C=C\S)cc1.COc1ccc(OC)c(C)c1. The number of carbonyl (C=O) groups excluding carboxylic acids is 2. The summed E-state index contributed by atoms with van der Waals surface area (Å²) in [7, 11) is 3.32. The molecule has 4 aromatic rings. The number of amides is 1. The minimum atomic E-state index is -0.176. The van der Waals surface area contributed by atoms with E-state index in [1.54, 1.807) is 62.1 Å². The number of rotatable bonds is 9. The summed E-state index contributed by atoms with van der Waals surface area (Å²) in [4.78, 5) is 28.4. The molecule has 1 aromatic heterocycles. The molecule has 0 atom stereocenters. The first-order valence-electron chi connectivity index (χ1n) is 12.5. The Morgan fingerprint density at radius 2 is 1.68 bits per heavy atom. The molecule has 0 radical (unpaired) electrons. The van der Waals surface area contributed by atoms with E-state index in [2.05, 4.69) is 22.9 Å². The highest BCUT2D eigenvalue weighted by molar-refractivity contribution is 7.83. The lowest BCUT2D eigenvalue weighted by atomic mass is 10.1. The lowest BCUT2D eigenvalue weighted by Crippen LogP contribution is -2.09. The lowest BCUT2D eigenvalue weighted by molar-refractivity contribution is -0.115. The van der Waals surface area contributed by atoms with Gasteiger partial charge in [0.25, 0.3) is 0 Å². The van der Waals surface area contributed by atoms with Gasteiger partial charge < -0.3 is 19.2 Å². The van der Waals surface area contributed by atoms with Crippen LogP contribution in [0.25, 0.3) is 22.8 Å². The van der Waals surface area contributed by atoms with Crippen LogP contribution in [-0.2, 0) is 4.79 Å². The number of ketones is 1. The van der Waals surface area contributed by atoms with Gasteiger partial charge in [0, 0.05) is 30.2 Å². The van der Waals surface area contributed by atoms with Crippen molar-refractivity contribution in [3.05, 3.63) is 108 Å². The van der Waals surface area contributed by atoms with E-state index in [1.165, 1.54) is 6.92 Å². The van der Waals surface area contributed by atoms with Crippen molar-refractivity contribution in [1.29, 1.82) is 0 Å². The van der Waals surface area contributed by atoms with Crippen LogP contribution in [0.3, 0.4) is 0 Å². The Hall–Kier alpha value is -4.56. The molecule has 4 rings (SSSR count). The molecule has 0 saturated carbocycles. The second-order valence-electron chi connectivity index (χ2n) is 8.55. The summed E-state index contributed by atoms with van der Waals surface area (Å²) in [5.41, 5.74) is 3.53. The highest BCUT2D eigenvalue weighted by Gasteiger charge is 2.19. The summed E-state index contributed by atoms with van der Waals surface area (Å²) >= 11 is 3.94. The fourth-order valence-corrected chi connectivity index (χ4v) is 3.76. The molecule has 206 valence electrons. The summed E-state index contributed by atoms with van der Waals surface area (Å²) in [6, 6.07) is 22.2. The molecule has 0 aliphatic heterocycles. The summed E-state index contributed by atoms with van der Waals surface area (Å²) in [5.74, 6) is 2.26. The summed E-state index contributed by atoms with van der Waals surface area (Å²) in [5, 5.41) is 4.41. The van der Waals surface area contributed by atoms with Gasteiger partial charge in [-0.25, -0.2) is 4.98 Å². The number of hydrogen-bond acceptors (Lipinski definition) is 7. The Morgan fingerprint density at radius 1 is 0.950 bits per heavy atom. The first kappa shape index (κ1) is 30.0. The van der Waals surface area contributed by atoms with Crippen LogP contribution in [0.4, 0.5) is 5.69 Å². The molecule has 0 unspecified atom stereocenters. The molecule has 0 bridgehead atoms. The van der Waals surface area contributed by atoms with Gasteiger partial charge in [0.15, 0.2) is 17.2 Å². The standard InChI is InChI=1S/C23H20N2O3S.C9H12O2/c1-16(26)21-22(28-23(25-21)18-8-4-2-5-9-18)17-11-13-19(14-12-17)24-20(27)10-6-3-7-15-29;1-7-6-8(10-2)4-5-9(7)11-3/h2-9,11-15,29H,10H2,1H3,(H,24,27);4-6H,1-3H3/b6-3+,15-7-;. The van der Waals surface area contributed by atoms with E-state index >= 15 is 0 Å². The number of thiol groups is 1. The Bertz CT molecular complexity index is 1480. The number of anilines is 1. The normalized spacial score (nSPS) is 10.7. The maximum atomic E-state index is 12.0. The van der Waals surface area contributed by atoms with Gasteiger partial charge in [-0.05, 0) is 72.5 Å². The predicted octanol–water partition coefficient (Wildman–Crippen LogP) is 7.55. The number of aryl methyl sites for hydroxylation is 1. The topological polar surface area (TPSA) is 90.7 Å². The maximum Gasteiger partial charge on any atom is 0.228 e. The number of nitrogens with one attached hydrogen (secondary N) is 1. The van der Waals surface area contributed by atoms with Crippen LogP contribution < -0.4 is 14.8 Å². The van der Waals surface area contributed by atoms with E-state index in [4.69, 9.17) is 13.9 Å². The fraction of sp³-hybridized carbons (Fsp3) is 0.156. The quantitative estimate of drug-likeness (QED) is 0.126. The molecule has 1 N–H and O–H groups in total. The van der Waals surface area contributed by atoms with Crippen LogP contribution in [0.2, 0.25) is 0 Å². The molecule has 7 nitrogen and oxygen atoms in total. The molecule has 0 aliphatic rings.